The van der Waals surface area contributed by atoms with Crippen LogP contribution in [0.4, 0.5) is 0 Å². The first-order chi connectivity index (χ1) is 5.63. The molecular formula is C9H12O3. The van der Waals surface area contributed by atoms with Crippen molar-refractivity contribution in [3.05, 3.63) is 0 Å². The molecule has 1 N–H and O–H groups in total. The average Bonchev–Trinajstić information content (AvgIpc) is 2.53. The zero-order valence-electron chi connectivity index (χ0n) is 6.99. The van der Waals surface area contributed by atoms with E-state index in [0.717, 1.165) is 12.8 Å². The molecule has 3 aliphatic rings. The van der Waals surface area contributed by atoms with Gasteiger partial charge in [-0.15, -0.1) is 0 Å². The largest absolute Gasteiger partial charge is 0.459 e. The van der Waals surface area contributed by atoms with E-state index in [4.69, 9.17) is 4.74 Å². The standard InChI is InChI=1S/C9H12O3/c1-9-3-4-2-5(9)7(6(4)10)12-8(9)11/h4-7,10H,2-3H2,1H3/t4-,5-,6-,7+,9-/m1/s1. The fourth-order valence-corrected chi connectivity index (χ4v) is 3.27. The molecule has 3 nitrogen and oxygen atoms in total. The van der Waals surface area contributed by atoms with Gasteiger partial charge in [0.05, 0.1) is 11.5 Å². The van der Waals surface area contributed by atoms with Crippen LogP contribution in [0.5, 0.6) is 0 Å². The third-order valence-corrected chi connectivity index (χ3v) is 3.99. The van der Waals surface area contributed by atoms with Crippen LogP contribution in [0.1, 0.15) is 19.8 Å². The van der Waals surface area contributed by atoms with E-state index in [0.29, 0.717) is 11.8 Å². The number of carbonyl (C=O) groups excluding carboxylic acids is 1. The molecule has 2 aliphatic carbocycles. The predicted molar refractivity (Wildman–Crippen MR) is 40.2 cm³/mol. The van der Waals surface area contributed by atoms with Gasteiger partial charge in [-0.05, 0) is 25.7 Å². The summed E-state index contributed by atoms with van der Waals surface area (Å²) in [4.78, 5) is 11.4. The van der Waals surface area contributed by atoms with Crippen LogP contribution in [-0.2, 0) is 9.53 Å². The van der Waals surface area contributed by atoms with E-state index in [1.54, 1.807) is 0 Å². The summed E-state index contributed by atoms with van der Waals surface area (Å²) in [7, 11) is 0. The van der Waals surface area contributed by atoms with E-state index in [-0.39, 0.29) is 23.6 Å². The monoisotopic (exact) mass is 168 g/mol. The van der Waals surface area contributed by atoms with Gasteiger partial charge in [0.25, 0.3) is 0 Å². The van der Waals surface area contributed by atoms with Gasteiger partial charge in [0.15, 0.2) is 0 Å². The third-order valence-electron chi connectivity index (χ3n) is 3.99. The van der Waals surface area contributed by atoms with Crippen molar-refractivity contribution in [1.29, 1.82) is 0 Å². The molecule has 12 heavy (non-hydrogen) atoms. The van der Waals surface area contributed by atoms with E-state index < -0.39 is 0 Å². The van der Waals surface area contributed by atoms with Crippen molar-refractivity contribution >= 4 is 5.97 Å². The highest BCUT2D eigenvalue weighted by atomic mass is 16.6. The molecule has 3 heteroatoms. The number of aliphatic hydroxyl groups is 1. The lowest BCUT2D eigenvalue weighted by Crippen LogP contribution is -2.35. The number of ether oxygens (including phenoxy) is 1. The molecule has 0 amide bonds. The molecule has 0 aromatic rings. The quantitative estimate of drug-likeness (QED) is 0.530. The summed E-state index contributed by atoms with van der Waals surface area (Å²) < 4.78 is 5.17. The lowest BCUT2D eigenvalue weighted by Gasteiger charge is -2.25. The van der Waals surface area contributed by atoms with Crippen molar-refractivity contribution in [3.63, 3.8) is 0 Å². The molecule has 0 aromatic carbocycles. The highest BCUT2D eigenvalue weighted by Crippen LogP contribution is 2.61. The highest BCUT2D eigenvalue weighted by molar-refractivity contribution is 5.80. The van der Waals surface area contributed by atoms with Crippen LogP contribution >= 0.6 is 0 Å². The fraction of sp³-hybridized carbons (Fsp3) is 0.889. The summed E-state index contributed by atoms with van der Waals surface area (Å²) >= 11 is 0. The Morgan fingerprint density at radius 3 is 3.00 bits per heavy atom. The summed E-state index contributed by atoms with van der Waals surface area (Å²) in [5.41, 5.74) is -0.255. The Bertz CT molecular complexity index is 262. The minimum Gasteiger partial charge on any atom is -0.459 e. The molecule has 2 bridgehead atoms. The SMILES string of the molecule is C[C@@]12C[C@H]3C[C@@H]1[C@H](OC2=O)[C@@H]3O. The van der Waals surface area contributed by atoms with Crippen LogP contribution in [0, 0.1) is 17.3 Å². The number of fused-ring (bicyclic) bond motifs is 1. The molecular weight excluding hydrogens is 156 g/mol. The van der Waals surface area contributed by atoms with Crippen molar-refractivity contribution < 1.29 is 14.6 Å². The van der Waals surface area contributed by atoms with Crippen molar-refractivity contribution in [2.45, 2.75) is 32.0 Å². The Morgan fingerprint density at radius 1 is 1.67 bits per heavy atom. The maximum absolute atomic E-state index is 11.4. The van der Waals surface area contributed by atoms with Gasteiger partial charge in [-0.1, -0.05) is 0 Å². The highest BCUT2D eigenvalue weighted by Gasteiger charge is 2.67. The number of carbonyl (C=O) groups is 1. The number of rotatable bonds is 0. The summed E-state index contributed by atoms with van der Waals surface area (Å²) in [6, 6.07) is 0. The van der Waals surface area contributed by atoms with E-state index >= 15 is 0 Å². The molecule has 0 aromatic heterocycles. The smallest absolute Gasteiger partial charge is 0.312 e. The van der Waals surface area contributed by atoms with Crippen LogP contribution in [0.25, 0.3) is 0 Å². The Balaban J connectivity index is 2.09. The van der Waals surface area contributed by atoms with E-state index in [9.17, 15) is 9.90 Å². The summed E-state index contributed by atoms with van der Waals surface area (Å²) in [6.07, 6.45) is 1.25. The molecule has 3 rings (SSSR count). The minimum absolute atomic E-state index is 0.0865. The Morgan fingerprint density at radius 2 is 2.42 bits per heavy atom. The van der Waals surface area contributed by atoms with Gasteiger partial charge in [-0.3, -0.25) is 4.79 Å². The first kappa shape index (κ1) is 6.89. The number of hydrogen-bond donors (Lipinski definition) is 1. The molecule has 1 aliphatic heterocycles. The maximum Gasteiger partial charge on any atom is 0.312 e. The van der Waals surface area contributed by atoms with E-state index in [1.165, 1.54) is 0 Å². The van der Waals surface area contributed by atoms with Crippen molar-refractivity contribution in [2.24, 2.45) is 17.3 Å². The van der Waals surface area contributed by atoms with Crippen LogP contribution in [-0.4, -0.2) is 23.3 Å². The molecule has 0 spiro atoms. The van der Waals surface area contributed by atoms with Crippen molar-refractivity contribution in [1.82, 2.24) is 0 Å². The van der Waals surface area contributed by atoms with Gasteiger partial charge in [0.2, 0.25) is 0 Å². The van der Waals surface area contributed by atoms with Crippen LogP contribution in [0.3, 0.4) is 0 Å². The van der Waals surface area contributed by atoms with E-state index in [1.807, 2.05) is 6.92 Å². The number of aliphatic hydroxyl groups excluding tert-OH is 1. The second-order valence-corrected chi connectivity index (χ2v) is 4.58. The molecule has 1 saturated heterocycles. The van der Waals surface area contributed by atoms with E-state index in [2.05, 4.69) is 0 Å². The zero-order valence-corrected chi connectivity index (χ0v) is 6.99. The van der Waals surface area contributed by atoms with Crippen LogP contribution in [0.2, 0.25) is 0 Å². The van der Waals surface area contributed by atoms with Crippen molar-refractivity contribution in [2.75, 3.05) is 0 Å². The number of hydrogen-bond acceptors (Lipinski definition) is 3. The molecule has 2 saturated carbocycles. The van der Waals surface area contributed by atoms with Crippen LogP contribution in [0.15, 0.2) is 0 Å². The molecule has 0 unspecified atom stereocenters. The topological polar surface area (TPSA) is 46.5 Å². The fourth-order valence-electron chi connectivity index (χ4n) is 3.27. The summed E-state index contributed by atoms with van der Waals surface area (Å²) in [6.45, 7) is 1.98. The van der Waals surface area contributed by atoms with Gasteiger partial charge in [0, 0.05) is 5.92 Å². The molecule has 5 atom stereocenters. The second-order valence-electron chi connectivity index (χ2n) is 4.58. The Hall–Kier alpha value is -0.570. The third kappa shape index (κ3) is 0.505. The maximum atomic E-state index is 11.4. The predicted octanol–water partition coefficient (Wildman–Crippen LogP) is 0.319. The molecule has 66 valence electrons. The van der Waals surface area contributed by atoms with Crippen molar-refractivity contribution in [3.8, 4) is 0 Å². The van der Waals surface area contributed by atoms with Gasteiger partial charge in [-0.2, -0.15) is 0 Å². The Kier molecular flexibility index (Phi) is 0.971. The molecule has 0 radical (unpaired) electrons. The number of esters is 1. The first-order valence-electron chi connectivity index (χ1n) is 4.52. The molecule has 1 heterocycles. The summed E-state index contributed by atoms with van der Waals surface area (Å²) in [5, 5.41) is 9.66. The molecule has 3 fully saturated rings. The zero-order chi connectivity index (χ0) is 8.51. The Labute approximate surface area is 70.7 Å². The lowest BCUT2D eigenvalue weighted by atomic mass is 9.75. The van der Waals surface area contributed by atoms with Crippen LogP contribution < -0.4 is 0 Å². The normalized spacial score (nSPS) is 61.0. The van der Waals surface area contributed by atoms with Gasteiger partial charge in [-0.25, -0.2) is 0 Å². The minimum atomic E-state index is -0.380. The second kappa shape index (κ2) is 1.69. The van der Waals surface area contributed by atoms with Gasteiger partial charge >= 0.3 is 5.97 Å². The van der Waals surface area contributed by atoms with Gasteiger partial charge in [0.1, 0.15) is 6.10 Å². The summed E-state index contributed by atoms with van der Waals surface area (Å²) in [5.74, 6) is 0.526. The lowest BCUT2D eigenvalue weighted by molar-refractivity contribution is -0.148. The average molecular weight is 168 g/mol. The van der Waals surface area contributed by atoms with Gasteiger partial charge < -0.3 is 9.84 Å². The first-order valence-corrected chi connectivity index (χ1v) is 4.52.